The first-order valence-corrected chi connectivity index (χ1v) is 7.08. The second kappa shape index (κ2) is 5.14. The molecule has 100 valence electrons. The molecule has 6 heteroatoms. The predicted molar refractivity (Wildman–Crippen MR) is 70.9 cm³/mol. The summed E-state index contributed by atoms with van der Waals surface area (Å²) in [6.45, 7) is 1.34. The standard InChI is InChI=1S/C13H14N2O3S/c16-13(17)10-3-1-5-15(10)8-9-7-11(18-14-9)12-4-2-6-19-12/h2,4,6-7,10H,1,3,5,8H2,(H,16,17)/t10-/m1/s1. The second-order valence-electron chi connectivity index (χ2n) is 4.63. The molecule has 3 heterocycles. The smallest absolute Gasteiger partial charge is 0.320 e. The van der Waals surface area contributed by atoms with Crippen molar-refractivity contribution in [2.45, 2.75) is 25.4 Å². The van der Waals surface area contributed by atoms with Crippen LogP contribution in [0.1, 0.15) is 18.5 Å². The SMILES string of the molecule is O=C(O)[C@H]1CCCN1Cc1cc(-c2cccs2)on1. The number of nitrogens with zero attached hydrogens (tertiary/aromatic N) is 2. The number of rotatable bonds is 4. The molecule has 1 N–H and O–H groups in total. The molecule has 0 aliphatic carbocycles. The van der Waals surface area contributed by atoms with Gasteiger partial charge >= 0.3 is 5.97 Å². The van der Waals surface area contributed by atoms with Gasteiger partial charge in [-0.15, -0.1) is 11.3 Å². The molecule has 2 aromatic rings. The fourth-order valence-corrected chi connectivity index (χ4v) is 3.10. The van der Waals surface area contributed by atoms with Crippen LogP contribution in [0.3, 0.4) is 0 Å². The molecule has 0 radical (unpaired) electrons. The van der Waals surface area contributed by atoms with Crippen LogP contribution in [0.15, 0.2) is 28.1 Å². The zero-order valence-electron chi connectivity index (χ0n) is 10.3. The van der Waals surface area contributed by atoms with E-state index in [1.54, 1.807) is 11.3 Å². The molecular formula is C13H14N2O3S. The molecule has 0 spiro atoms. The second-order valence-corrected chi connectivity index (χ2v) is 5.57. The van der Waals surface area contributed by atoms with Gasteiger partial charge in [0.15, 0.2) is 5.76 Å². The van der Waals surface area contributed by atoms with Crippen LogP contribution in [0.4, 0.5) is 0 Å². The largest absolute Gasteiger partial charge is 0.480 e. The van der Waals surface area contributed by atoms with Gasteiger partial charge in [0.25, 0.3) is 0 Å². The number of hydrogen-bond donors (Lipinski definition) is 1. The maximum atomic E-state index is 11.1. The van der Waals surface area contributed by atoms with E-state index in [9.17, 15) is 4.79 Å². The highest BCUT2D eigenvalue weighted by Gasteiger charge is 2.30. The van der Waals surface area contributed by atoms with Crippen LogP contribution in [0.2, 0.25) is 0 Å². The van der Waals surface area contributed by atoms with Gasteiger partial charge in [-0.3, -0.25) is 9.69 Å². The van der Waals surface area contributed by atoms with Crippen LogP contribution in [0, 0.1) is 0 Å². The average molecular weight is 278 g/mol. The minimum absolute atomic E-state index is 0.387. The van der Waals surface area contributed by atoms with E-state index in [0.717, 1.165) is 29.3 Å². The van der Waals surface area contributed by atoms with E-state index in [4.69, 9.17) is 9.63 Å². The van der Waals surface area contributed by atoms with Crippen LogP contribution >= 0.6 is 11.3 Å². The quantitative estimate of drug-likeness (QED) is 0.930. The lowest BCUT2D eigenvalue weighted by Crippen LogP contribution is -2.35. The number of likely N-dealkylation sites (tertiary alicyclic amines) is 1. The summed E-state index contributed by atoms with van der Waals surface area (Å²) in [5.74, 6) is -0.00412. The highest BCUT2D eigenvalue weighted by Crippen LogP contribution is 2.26. The summed E-state index contributed by atoms with van der Waals surface area (Å²) in [4.78, 5) is 14.1. The third-order valence-corrected chi connectivity index (χ3v) is 4.22. The first kappa shape index (κ1) is 12.4. The van der Waals surface area contributed by atoms with E-state index < -0.39 is 5.97 Å². The Hall–Kier alpha value is -1.66. The molecule has 0 bridgehead atoms. The van der Waals surface area contributed by atoms with Crippen molar-refractivity contribution in [2.24, 2.45) is 0 Å². The molecule has 5 nitrogen and oxygen atoms in total. The fraction of sp³-hybridized carbons (Fsp3) is 0.385. The van der Waals surface area contributed by atoms with E-state index in [-0.39, 0.29) is 6.04 Å². The Morgan fingerprint density at radius 3 is 3.26 bits per heavy atom. The van der Waals surface area contributed by atoms with Gasteiger partial charge < -0.3 is 9.63 Å². The number of thiophene rings is 1. The van der Waals surface area contributed by atoms with Crippen molar-refractivity contribution in [1.82, 2.24) is 10.1 Å². The van der Waals surface area contributed by atoms with Gasteiger partial charge in [-0.25, -0.2) is 0 Å². The molecule has 19 heavy (non-hydrogen) atoms. The Kier molecular flexibility index (Phi) is 3.35. The molecule has 2 aromatic heterocycles. The first-order chi connectivity index (χ1) is 9.24. The molecule has 1 atom stereocenters. The Labute approximate surface area is 114 Å². The lowest BCUT2D eigenvalue weighted by Gasteiger charge is -2.19. The maximum absolute atomic E-state index is 11.1. The molecular weight excluding hydrogens is 264 g/mol. The number of carbonyl (C=O) groups is 1. The van der Waals surface area contributed by atoms with Crippen molar-refractivity contribution in [1.29, 1.82) is 0 Å². The summed E-state index contributed by atoms with van der Waals surface area (Å²) in [6, 6.07) is 5.44. The van der Waals surface area contributed by atoms with Gasteiger partial charge in [0.2, 0.25) is 0 Å². The lowest BCUT2D eigenvalue weighted by atomic mass is 10.2. The molecule has 1 saturated heterocycles. The Morgan fingerprint density at radius 2 is 2.53 bits per heavy atom. The first-order valence-electron chi connectivity index (χ1n) is 6.20. The summed E-state index contributed by atoms with van der Waals surface area (Å²) in [6.07, 6.45) is 1.64. The van der Waals surface area contributed by atoms with Crippen molar-refractivity contribution < 1.29 is 14.4 Å². The van der Waals surface area contributed by atoms with Crippen molar-refractivity contribution in [2.75, 3.05) is 6.54 Å². The number of aliphatic carboxylic acids is 1. The number of carboxylic acids is 1. The summed E-state index contributed by atoms with van der Waals surface area (Å²) in [5, 5.41) is 15.1. The van der Waals surface area contributed by atoms with Crippen LogP contribution in [0.5, 0.6) is 0 Å². The Bertz CT molecular complexity index is 564. The maximum Gasteiger partial charge on any atom is 0.320 e. The van der Waals surface area contributed by atoms with Crippen molar-refractivity contribution in [3.63, 3.8) is 0 Å². The van der Waals surface area contributed by atoms with Crippen LogP contribution in [-0.2, 0) is 11.3 Å². The highest BCUT2D eigenvalue weighted by molar-refractivity contribution is 7.13. The van der Waals surface area contributed by atoms with Gasteiger partial charge in [-0.1, -0.05) is 11.2 Å². The van der Waals surface area contributed by atoms with Crippen LogP contribution < -0.4 is 0 Å². The van der Waals surface area contributed by atoms with E-state index in [1.165, 1.54) is 0 Å². The van der Waals surface area contributed by atoms with Crippen molar-refractivity contribution in [3.05, 3.63) is 29.3 Å². The molecule has 1 fully saturated rings. The summed E-state index contributed by atoms with van der Waals surface area (Å²) in [5.41, 5.74) is 0.788. The van der Waals surface area contributed by atoms with E-state index in [2.05, 4.69) is 5.16 Å². The molecule has 1 aliphatic heterocycles. The monoisotopic (exact) mass is 278 g/mol. The molecule has 3 rings (SSSR count). The van der Waals surface area contributed by atoms with Crippen molar-refractivity contribution in [3.8, 4) is 10.6 Å². The van der Waals surface area contributed by atoms with E-state index in [1.807, 2.05) is 28.5 Å². The molecule has 0 saturated carbocycles. The Morgan fingerprint density at radius 1 is 1.63 bits per heavy atom. The number of carboxylic acid groups (broad SMARTS) is 1. The zero-order chi connectivity index (χ0) is 13.2. The summed E-state index contributed by atoms with van der Waals surface area (Å²) < 4.78 is 5.30. The molecule has 0 amide bonds. The topological polar surface area (TPSA) is 66.6 Å². The predicted octanol–water partition coefficient (Wildman–Crippen LogP) is 2.45. The van der Waals surface area contributed by atoms with Gasteiger partial charge in [0.05, 0.1) is 10.6 Å². The third-order valence-electron chi connectivity index (χ3n) is 3.34. The van der Waals surface area contributed by atoms with Crippen LogP contribution in [-0.4, -0.2) is 33.7 Å². The summed E-state index contributed by atoms with van der Waals surface area (Å²) >= 11 is 1.60. The zero-order valence-corrected chi connectivity index (χ0v) is 11.1. The lowest BCUT2D eigenvalue weighted by molar-refractivity contribution is -0.142. The normalized spacial score (nSPS) is 19.9. The molecule has 1 aliphatic rings. The Balaban J connectivity index is 1.72. The molecule has 0 aromatic carbocycles. The van der Waals surface area contributed by atoms with E-state index >= 15 is 0 Å². The fourth-order valence-electron chi connectivity index (χ4n) is 2.42. The number of aromatic nitrogens is 1. The third kappa shape index (κ3) is 2.54. The molecule has 0 unspecified atom stereocenters. The van der Waals surface area contributed by atoms with Crippen molar-refractivity contribution >= 4 is 17.3 Å². The minimum atomic E-state index is -0.750. The highest BCUT2D eigenvalue weighted by atomic mass is 32.1. The van der Waals surface area contributed by atoms with Gasteiger partial charge in [-0.2, -0.15) is 0 Å². The minimum Gasteiger partial charge on any atom is -0.480 e. The van der Waals surface area contributed by atoms with Crippen LogP contribution in [0.25, 0.3) is 10.6 Å². The van der Waals surface area contributed by atoms with Gasteiger partial charge in [0.1, 0.15) is 6.04 Å². The average Bonchev–Trinajstić information content (AvgIpc) is 3.09. The summed E-state index contributed by atoms with van der Waals surface area (Å²) in [7, 11) is 0. The number of hydrogen-bond acceptors (Lipinski definition) is 5. The van der Waals surface area contributed by atoms with Gasteiger partial charge in [-0.05, 0) is 30.8 Å². The van der Waals surface area contributed by atoms with E-state index in [0.29, 0.717) is 13.0 Å². The van der Waals surface area contributed by atoms with Gasteiger partial charge in [0, 0.05) is 12.6 Å².